The summed E-state index contributed by atoms with van der Waals surface area (Å²) in [6.45, 7) is 15.6. The maximum absolute atomic E-state index is 3.62. The number of hydrogen-bond acceptors (Lipinski definition) is 2. The smallest absolute Gasteiger partial charge is 0.0208 e. The van der Waals surface area contributed by atoms with Crippen LogP contribution in [-0.2, 0) is 13.0 Å². The van der Waals surface area contributed by atoms with E-state index in [1.807, 2.05) is 0 Å². The van der Waals surface area contributed by atoms with Crippen LogP contribution >= 0.6 is 0 Å². The van der Waals surface area contributed by atoms with Crippen molar-refractivity contribution in [3.8, 4) is 0 Å². The van der Waals surface area contributed by atoms with E-state index in [-0.39, 0.29) is 0 Å². The van der Waals surface area contributed by atoms with Crippen LogP contribution in [0.15, 0.2) is 24.3 Å². The number of likely N-dealkylation sites (N-methyl/N-ethyl adjacent to an activating group) is 1. The van der Waals surface area contributed by atoms with Crippen molar-refractivity contribution in [1.82, 2.24) is 10.2 Å². The van der Waals surface area contributed by atoms with Crippen LogP contribution < -0.4 is 5.32 Å². The number of nitrogens with zero attached hydrogens (tertiary/aromatic N) is 1. The standard InChI is InChI=1S/C18H32N2/c1-6-20(7-2)14-16(5)19-13-18-10-8-17(9-11-18)12-15(3)4/h8-11,15-16,19H,6-7,12-14H2,1-5H3. The third-order valence-corrected chi connectivity index (χ3v) is 3.75. The Morgan fingerprint density at radius 1 is 0.950 bits per heavy atom. The second-order valence-corrected chi connectivity index (χ2v) is 6.18. The normalized spacial score (nSPS) is 13.2. The van der Waals surface area contributed by atoms with Gasteiger partial charge in [-0.1, -0.05) is 52.0 Å². The molecule has 0 spiro atoms. The molecule has 0 heterocycles. The van der Waals surface area contributed by atoms with Crippen molar-refractivity contribution in [3.63, 3.8) is 0 Å². The Kier molecular flexibility index (Phi) is 7.86. The molecule has 0 aliphatic rings. The molecule has 0 fully saturated rings. The highest BCUT2D eigenvalue weighted by atomic mass is 15.1. The van der Waals surface area contributed by atoms with Crippen LogP contribution in [0.4, 0.5) is 0 Å². The van der Waals surface area contributed by atoms with E-state index in [0.717, 1.165) is 32.1 Å². The van der Waals surface area contributed by atoms with Crippen LogP contribution in [0.5, 0.6) is 0 Å². The first-order valence-corrected chi connectivity index (χ1v) is 8.08. The Balaban J connectivity index is 2.37. The third kappa shape index (κ3) is 6.53. The van der Waals surface area contributed by atoms with Crippen LogP contribution in [0.25, 0.3) is 0 Å². The summed E-state index contributed by atoms with van der Waals surface area (Å²) in [5.74, 6) is 0.730. The number of nitrogens with one attached hydrogen (secondary N) is 1. The SMILES string of the molecule is CCN(CC)CC(C)NCc1ccc(CC(C)C)cc1. The zero-order chi connectivity index (χ0) is 15.0. The largest absolute Gasteiger partial charge is 0.309 e. The summed E-state index contributed by atoms with van der Waals surface area (Å²) in [4.78, 5) is 2.46. The Morgan fingerprint density at radius 3 is 2.00 bits per heavy atom. The van der Waals surface area contributed by atoms with Gasteiger partial charge in [-0.3, -0.25) is 0 Å². The maximum Gasteiger partial charge on any atom is 0.0208 e. The molecule has 20 heavy (non-hydrogen) atoms. The van der Waals surface area contributed by atoms with Gasteiger partial charge in [-0.2, -0.15) is 0 Å². The molecule has 1 N–H and O–H groups in total. The van der Waals surface area contributed by atoms with Gasteiger partial charge in [-0.05, 0) is 43.5 Å². The van der Waals surface area contributed by atoms with Gasteiger partial charge in [0.05, 0.1) is 0 Å². The predicted octanol–water partition coefficient (Wildman–Crippen LogP) is 3.71. The van der Waals surface area contributed by atoms with E-state index in [4.69, 9.17) is 0 Å². The Hall–Kier alpha value is -0.860. The summed E-state index contributed by atoms with van der Waals surface area (Å²) in [7, 11) is 0. The van der Waals surface area contributed by atoms with Crippen molar-refractivity contribution in [2.75, 3.05) is 19.6 Å². The Morgan fingerprint density at radius 2 is 1.50 bits per heavy atom. The summed E-state index contributed by atoms with van der Waals surface area (Å²) in [6, 6.07) is 9.59. The molecule has 0 saturated heterocycles. The molecule has 0 aliphatic heterocycles. The average molecular weight is 276 g/mol. The summed E-state index contributed by atoms with van der Waals surface area (Å²) in [5, 5.41) is 3.62. The summed E-state index contributed by atoms with van der Waals surface area (Å²) >= 11 is 0. The minimum Gasteiger partial charge on any atom is -0.309 e. The van der Waals surface area contributed by atoms with Crippen molar-refractivity contribution >= 4 is 0 Å². The molecule has 0 radical (unpaired) electrons. The number of hydrogen-bond donors (Lipinski definition) is 1. The zero-order valence-corrected chi connectivity index (χ0v) is 13.9. The fourth-order valence-corrected chi connectivity index (χ4v) is 2.49. The lowest BCUT2D eigenvalue weighted by atomic mass is 10.0. The average Bonchev–Trinajstić information content (AvgIpc) is 2.43. The molecule has 0 aliphatic carbocycles. The van der Waals surface area contributed by atoms with Crippen LogP contribution in [0, 0.1) is 5.92 Å². The first kappa shape index (κ1) is 17.2. The van der Waals surface area contributed by atoms with E-state index in [9.17, 15) is 0 Å². The molecule has 114 valence electrons. The van der Waals surface area contributed by atoms with Crippen molar-refractivity contribution in [1.29, 1.82) is 0 Å². The molecule has 0 bridgehead atoms. The van der Waals surface area contributed by atoms with Crippen molar-refractivity contribution < 1.29 is 0 Å². The van der Waals surface area contributed by atoms with Gasteiger partial charge in [0.2, 0.25) is 0 Å². The molecular weight excluding hydrogens is 244 g/mol. The molecule has 1 unspecified atom stereocenters. The molecule has 2 heteroatoms. The number of benzene rings is 1. The minimum atomic E-state index is 0.533. The maximum atomic E-state index is 3.62. The lowest BCUT2D eigenvalue weighted by Crippen LogP contribution is -2.38. The molecule has 0 aromatic heterocycles. The van der Waals surface area contributed by atoms with E-state index in [1.165, 1.54) is 17.5 Å². The van der Waals surface area contributed by atoms with Gasteiger partial charge in [0.1, 0.15) is 0 Å². The summed E-state index contributed by atoms with van der Waals surface area (Å²) in [6.07, 6.45) is 1.17. The van der Waals surface area contributed by atoms with Gasteiger partial charge in [0, 0.05) is 19.1 Å². The van der Waals surface area contributed by atoms with Crippen LogP contribution in [0.3, 0.4) is 0 Å². The third-order valence-electron chi connectivity index (χ3n) is 3.75. The van der Waals surface area contributed by atoms with Gasteiger partial charge in [-0.25, -0.2) is 0 Å². The molecule has 1 atom stereocenters. The molecule has 1 aromatic rings. The van der Waals surface area contributed by atoms with E-state index in [1.54, 1.807) is 0 Å². The van der Waals surface area contributed by atoms with Crippen molar-refractivity contribution in [2.24, 2.45) is 5.92 Å². The van der Waals surface area contributed by atoms with Crippen LogP contribution in [0.1, 0.15) is 45.7 Å². The minimum absolute atomic E-state index is 0.533. The fourth-order valence-electron chi connectivity index (χ4n) is 2.49. The molecular formula is C18H32N2. The van der Waals surface area contributed by atoms with Crippen molar-refractivity contribution in [2.45, 2.75) is 53.6 Å². The molecule has 2 nitrogen and oxygen atoms in total. The summed E-state index contributed by atoms with van der Waals surface area (Å²) in [5.41, 5.74) is 2.82. The lowest BCUT2D eigenvalue weighted by Gasteiger charge is -2.23. The lowest BCUT2D eigenvalue weighted by molar-refractivity contribution is 0.270. The highest BCUT2D eigenvalue weighted by molar-refractivity contribution is 5.22. The predicted molar refractivity (Wildman–Crippen MR) is 89.1 cm³/mol. The molecule has 1 aromatic carbocycles. The van der Waals surface area contributed by atoms with Crippen LogP contribution in [0.2, 0.25) is 0 Å². The van der Waals surface area contributed by atoms with E-state index in [2.05, 4.69) is 69.1 Å². The van der Waals surface area contributed by atoms with E-state index in [0.29, 0.717) is 6.04 Å². The highest BCUT2D eigenvalue weighted by Crippen LogP contribution is 2.10. The van der Waals surface area contributed by atoms with Gasteiger partial charge < -0.3 is 10.2 Å². The monoisotopic (exact) mass is 276 g/mol. The second kappa shape index (κ2) is 9.15. The summed E-state index contributed by atoms with van der Waals surface area (Å²) < 4.78 is 0. The molecule has 0 amide bonds. The van der Waals surface area contributed by atoms with E-state index >= 15 is 0 Å². The Bertz CT molecular complexity index is 352. The van der Waals surface area contributed by atoms with Gasteiger partial charge in [-0.15, -0.1) is 0 Å². The van der Waals surface area contributed by atoms with E-state index < -0.39 is 0 Å². The zero-order valence-electron chi connectivity index (χ0n) is 13.9. The molecule has 1 rings (SSSR count). The van der Waals surface area contributed by atoms with Crippen molar-refractivity contribution in [3.05, 3.63) is 35.4 Å². The quantitative estimate of drug-likeness (QED) is 0.740. The first-order chi connectivity index (χ1) is 9.55. The highest BCUT2D eigenvalue weighted by Gasteiger charge is 2.06. The second-order valence-electron chi connectivity index (χ2n) is 6.18. The number of rotatable bonds is 9. The van der Waals surface area contributed by atoms with Gasteiger partial charge in [0.15, 0.2) is 0 Å². The van der Waals surface area contributed by atoms with Gasteiger partial charge in [0.25, 0.3) is 0 Å². The fraction of sp³-hybridized carbons (Fsp3) is 0.667. The Labute approximate surface area is 125 Å². The molecule has 0 saturated carbocycles. The first-order valence-electron chi connectivity index (χ1n) is 8.08. The van der Waals surface area contributed by atoms with Gasteiger partial charge >= 0.3 is 0 Å². The van der Waals surface area contributed by atoms with Crippen LogP contribution in [-0.4, -0.2) is 30.6 Å². The topological polar surface area (TPSA) is 15.3 Å².